The topological polar surface area (TPSA) is 33.1 Å². The Bertz CT molecular complexity index is 742. The van der Waals surface area contributed by atoms with Crippen LogP contribution in [0.4, 0.5) is 4.39 Å². The fraction of sp³-hybridized carbons (Fsp3) is 0.133. The highest BCUT2D eigenvalue weighted by atomic mass is 32.2. The molecule has 102 valence electrons. The van der Waals surface area contributed by atoms with Crippen LogP contribution in [0.2, 0.25) is 0 Å². The summed E-state index contributed by atoms with van der Waals surface area (Å²) in [5.41, 5.74) is 1.62. The van der Waals surface area contributed by atoms with Crippen molar-refractivity contribution in [3.8, 4) is 0 Å². The van der Waals surface area contributed by atoms with Gasteiger partial charge >= 0.3 is 0 Å². The number of thioether (sulfide) groups is 1. The third-order valence-electron chi connectivity index (χ3n) is 2.84. The molecule has 0 spiro atoms. The average Bonchev–Trinajstić information content (AvgIpc) is 2.87. The molecule has 0 fully saturated rings. The largest absolute Gasteiger partial charge is 0.392 e. The van der Waals surface area contributed by atoms with Crippen LogP contribution in [0.5, 0.6) is 0 Å². The van der Waals surface area contributed by atoms with E-state index in [1.54, 1.807) is 29.2 Å². The van der Waals surface area contributed by atoms with Crippen molar-refractivity contribution >= 4 is 33.3 Å². The van der Waals surface area contributed by atoms with Crippen molar-refractivity contribution in [2.24, 2.45) is 0 Å². The zero-order valence-electron chi connectivity index (χ0n) is 10.5. The quantitative estimate of drug-likeness (QED) is 0.733. The van der Waals surface area contributed by atoms with Gasteiger partial charge in [0, 0.05) is 11.0 Å². The van der Waals surface area contributed by atoms with E-state index in [1.807, 2.05) is 24.3 Å². The van der Waals surface area contributed by atoms with Crippen LogP contribution < -0.4 is 0 Å². The van der Waals surface area contributed by atoms with Gasteiger partial charge in [-0.25, -0.2) is 9.37 Å². The number of halogens is 1. The van der Waals surface area contributed by atoms with Crippen molar-refractivity contribution in [1.82, 2.24) is 4.98 Å². The van der Waals surface area contributed by atoms with Gasteiger partial charge in [-0.15, -0.1) is 23.1 Å². The minimum Gasteiger partial charge on any atom is -0.392 e. The van der Waals surface area contributed by atoms with E-state index in [0.29, 0.717) is 0 Å². The highest BCUT2D eigenvalue weighted by Crippen LogP contribution is 2.29. The molecule has 1 heterocycles. The number of aromatic nitrogens is 1. The van der Waals surface area contributed by atoms with Gasteiger partial charge < -0.3 is 5.11 Å². The van der Waals surface area contributed by atoms with Crippen molar-refractivity contribution in [2.45, 2.75) is 17.3 Å². The van der Waals surface area contributed by atoms with Crippen LogP contribution in [0.3, 0.4) is 0 Å². The second kappa shape index (κ2) is 5.91. The number of hydrogen-bond donors (Lipinski definition) is 1. The van der Waals surface area contributed by atoms with E-state index in [2.05, 4.69) is 4.98 Å². The minimum absolute atomic E-state index is 0.0504. The van der Waals surface area contributed by atoms with Crippen LogP contribution in [0.1, 0.15) is 10.6 Å². The summed E-state index contributed by atoms with van der Waals surface area (Å²) >= 11 is 3.25. The Morgan fingerprint density at radius 1 is 1.20 bits per heavy atom. The number of aliphatic hydroxyl groups is 1. The fourth-order valence-corrected chi connectivity index (χ4v) is 3.81. The predicted molar refractivity (Wildman–Crippen MR) is 81.5 cm³/mol. The molecule has 2 aromatic carbocycles. The lowest BCUT2D eigenvalue weighted by Gasteiger charge is -2.01. The van der Waals surface area contributed by atoms with Crippen molar-refractivity contribution in [1.29, 1.82) is 0 Å². The molecule has 5 heteroatoms. The first-order valence-corrected chi connectivity index (χ1v) is 7.92. The predicted octanol–water partition coefficient (Wildman–Crippen LogP) is 4.22. The van der Waals surface area contributed by atoms with Crippen LogP contribution in [-0.4, -0.2) is 10.1 Å². The maximum atomic E-state index is 13.1. The summed E-state index contributed by atoms with van der Waals surface area (Å²) in [6.07, 6.45) is 0. The number of hydrogen-bond acceptors (Lipinski definition) is 4. The molecule has 0 amide bonds. The lowest BCUT2D eigenvalue weighted by molar-refractivity contribution is 0.281. The molecule has 0 aliphatic rings. The first kappa shape index (κ1) is 13.5. The Hall–Kier alpha value is -1.43. The molecule has 20 heavy (non-hydrogen) atoms. The molecular weight excluding hydrogens is 293 g/mol. The van der Waals surface area contributed by atoms with E-state index in [-0.39, 0.29) is 12.4 Å². The van der Waals surface area contributed by atoms with Crippen molar-refractivity contribution in [3.63, 3.8) is 0 Å². The molecule has 3 rings (SSSR count). The first-order chi connectivity index (χ1) is 9.74. The van der Waals surface area contributed by atoms with Gasteiger partial charge in [0.1, 0.15) is 10.8 Å². The van der Waals surface area contributed by atoms with Gasteiger partial charge in [0.2, 0.25) is 0 Å². The summed E-state index contributed by atoms with van der Waals surface area (Å²) in [6.45, 7) is 0.0504. The van der Waals surface area contributed by atoms with E-state index in [9.17, 15) is 4.39 Å². The number of aliphatic hydroxyl groups excluding tert-OH is 1. The van der Waals surface area contributed by atoms with Gasteiger partial charge in [-0.1, -0.05) is 12.1 Å². The van der Waals surface area contributed by atoms with Crippen molar-refractivity contribution in [3.05, 3.63) is 58.9 Å². The van der Waals surface area contributed by atoms with Crippen LogP contribution in [-0.2, 0) is 12.4 Å². The molecule has 2 nitrogen and oxygen atoms in total. The summed E-state index contributed by atoms with van der Waals surface area (Å²) in [5, 5.41) is 10.1. The fourth-order valence-electron chi connectivity index (χ4n) is 1.89. The molecule has 0 aliphatic carbocycles. The van der Waals surface area contributed by atoms with E-state index in [0.717, 1.165) is 31.4 Å². The number of nitrogens with zero attached hydrogens (tertiary/aromatic N) is 1. The Balaban J connectivity index is 1.76. The number of rotatable bonds is 4. The summed E-state index contributed by atoms with van der Waals surface area (Å²) in [5.74, 6) is 0.494. The molecule has 0 radical (unpaired) electrons. The Kier molecular flexibility index (Phi) is 4.00. The highest BCUT2D eigenvalue weighted by molar-refractivity contribution is 7.98. The molecular formula is C15H12FNOS2. The van der Waals surface area contributed by atoms with Gasteiger partial charge in [-0.05, 0) is 29.8 Å². The van der Waals surface area contributed by atoms with Gasteiger partial charge in [0.05, 0.1) is 22.6 Å². The molecule has 1 aromatic heterocycles. The minimum atomic E-state index is -0.252. The molecule has 0 saturated carbocycles. The smallest absolute Gasteiger partial charge is 0.125 e. The van der Waals surface area contributed by atoms with Crippen molar-refractivity contribution < 1.29 is 9.50 Å². The van der Waals surface area contributed by atoms with Crippen LogP contribution >= 0.6 is 23.1 Å². The molecule has 3 aromatic rings. The lowest BCUT2D eigenvalue weighted by atomic mass is 10.2. The number of fused-ring (bicyclic) bond motifs is 1. The summed E-state index contributed by atoms with van der Waals surface area (Å²) < 4.78 is 14.1. The molecule has 0 unspecified atom stereocenters. The molecule has 0 bridgehead atoms. The molecule has 0 aliphatic heterocycles. The van der Waals surface area contributed by atoms with Gasteiger partial charge in [-0.2, -0.15) is 0 Å². The molecule has 0 atom stereocenters. The van der Waals surface area contributed by atoms with E-state index in [4.69, 9.17) is 5.11 Å². The Morgan fingerprint density at radius 2 is 2.10 bits per heavy atom. The van der Waals surface area contributed by atoms with E-state index in [1.165, 1.54) is 12.1 Å². The standard InChI is InChI=1S/C15H12FNOS2/c16-11-4-5-14-13(7-11)17-15(20-14)9-19-12-3-1-2-10(6-12)8-18/h1-7,18H,8-9H2. The Morgan fingerprint density at radius 3 is 2.95 bits per heavy atom. The number of thiazole rings is 1. The van der Waals surface area contributed by atoms with E-state index >= 15 is 0 Å². The molecule has 1 N–H and O–H groups in total. The maximum Gasteiger partial charge on any atom is 0.125 e. The average molecular weight is 305 g/mol. The summed E-state index contributed by atoms with van der Waals surface area (Å²) in [4.78, 5) is 5.54. The first-order valence-electron chi connectivity index (χ1n) is 6.12. The maximum absolute atomic E-state index is 13.1. The molecule has 0 saturated heterocycles. The second-order valence-electron chi connectivity index (χ2n) is 4.31. The lowest BCUT2D eigenvalue weighted by Crippen LogP contribution is -1.83. The third-order valence-corrected chi connectivity index (χ3v) is 5.06. The van der Waals surface area contributed by atoms with Gasteiger partial charge in [0.15, 0.2) is 0 Å². The van der Waals surface area contributed by atoms with Gasteiger partial charge in [0.25, 0.3) is 0 Å². The second-order valence-corrected chi connectivity index (χ2v) is 6.48. The van der Waals surface area contributed by atoms with Crippen LogP contribution in [0.25, 0.3) is 10.2 Å². The van der Waals surface area contributed by atoms with Crippen LogP contribution in [0, 0.1) is 5.82 Å². The Labute approximate surface area is 124 Å². The number of benzene rings is 2. The summed E-state index contributed by atoms with van der Waals surface area (Å²) in [6, 6.07) is 12.5. The van der Waals surface area contributed by atoms with E-state index < -0.39 is 0 Å². The normalized spacial score (nSPS) is 11.1. The summed E-state index contributed by atoms with van der Waals surface area (Å²) in [7, 11) is 0. The van der Waals surface area contributed by atoms with Crippen LogP contribution in [0.15, 0.2) is 47.4 Å². The third kappa shape index (κ3) is 3.00. The zero-order chi connectivity index (χ0) is 13.9. The van der Waals surface area contributed by atoms with Crippen molar-refractivity contribution in [2.75, 3.05) is 0 Å². The highest BCUT2D eigenvalue weighted by Gasteiger charge is 2.06. The zero-order valence-corrected chi connectivity index (χ0v) is 12.2. The monoisotopic (exact) mass is 305 g/mol. The van der Waals surface area contributed by atoms with Gasteiger partial charge in [-0.3, -0.25) is 0 Å². The SMILES string of the molecule is OCc1cccc(SCc2nc3cc(F)ccc3s2)c1.